The first kappa shape index (κ1) is 18.5. The van der Waals surface area contributed by atoms with E-state index in [0.29, 0.717) is 28.2 Å². The number of aromatic nitrogens is 3. The van der Waals surface area contributed by atoms with Crippen LogP contribution in [0.2, 0.25) is 0 Å². The van der Waals surface area contributed by atoms with Gasteiger partial charge in [-0.05, 0) is 42.8 Å². The van der Waals surface area contributed by atoms with Gasteiger partial charge in [-0.15, -0.1) is 0 Å². The number of carbonyl (C=O) groups is 1. The number of rotatable bonds is 3. The standard InChI is InChI=1S/C22H16FN3O3/c1-13-18(22(28)29-2)19(14-6-8-15(23)9-7-14)20-16(25-13)10-12-26(21(20)27)17-5-3-4-11-24-17/h3-12H,1-2H3. The van der Waals surface area contributed by atoms with Crippen molar-refractivity contribution >= 4 is 16.9 Å². The zero-order chi connectivity index (χ0) is 20.5. The van der Waals surface area contributed by atoms with E-state index in [4.69, 9.17) is 4.74 Å². The number of carbonyl (C=O) groups excluding carboxylic acids is 1. The summed E-state index contributed by atoms with van der Waals surface area (Å²) in [7, 11) is 1.26. The lowest BCUT2D eigenvalue weighted by Crippen LogP contribution is -2.21. The number of nitrogens with zero attached hydrogens (tertiary/aromatic N) is 3. The molecular weight excluding hydrogens is 373 g/mol. The second-order valence-corrected chi connectivity index (χ2v) is 6.38. The Morgan fingerprint density at radius 2 is 1.86 bits per heavy atom. The lowest BCUT2D eigenvalue weighted by molar-refractivity contribution is 0.0600. The van der Waals surface area contributed by atoms with E-state index >= 15 is 0 Å². The molecule has 7 heteroatoms. The number of esters is 1. The number of fused-ring (bicyclic) bond motifs is 1. The fraction of sp³-hybridized carbons (Fsp3) is 0.0909. The first-order valence-electron chi connectivity index (χ1n) is 8.83. The summed E-state index contributed by atoms with van der Waals surface area (Å²) < 4.78 is 19.8. The van der Waals surface area contributed by atoms with Gasteiger partial charge in [0.05, 0.1) is 29.3 Å². The normalized spacial score (nSPS) is 10.9. The fourth-order valence-corrected chi connectivity index (χ4v) is 3.33. The number of hydrogen-bond donors (Lipinski definition) is 0. The van der Waals surface area contributed by atoms with E-state index in [1.165, 1.54) is 35.9 Å². The highest BCUT2D eigenvalue weighted by Crippen LogP contribution is 2.32. The molecule has 1 aromatic carbocycles. The molecule has 29 heavy (non-hydrogen) atoms. The SMILES string of the molecule is COC(=O)c1c(C)nc2ccn(-c3ccccn3)c(=O)c2c1-c1ccc(F)cc1. The maximum atomic E-state index is 13.5. The van der Waals surface area contributed by atoms with Crippen molar-refractivity contribution in [2.45, 2.75) is 6.92 Å². The quantitative estimate of drug-likeness (QED) is 0.500. The smallest absolute Gasteiger partial charge is 0.340 e. The molecule has 0 aliphatic rings. The van der Waals surface area contributed by atoms with Crippen molar-refractivity contribution in [2.24, 2.45) is 0 Å². The summed E-state index contributed by atoms with van der Waals surface area (Å²) in [6.45, 7) is 1.67. The van der Waals surface area contributed by atoms with Gasteiger partial charge in [-0.1, -0.05) is 18.2 Å². The van der Waals surface area contributed by atoms with Crippen molar-refractivity contribution in [2.75, 3.05) is 7.11 Å². The summed E-state index contributed by atoms with van der Waals surface area (Å²) in [5.74, 6) is -0.608. The zero-order valence-corrected chi connectivity index (χ0v) is 15.7. The molecule has 0 bridgehead atoms. The molecule has 0 fully saturated rings. The largest absolute Gasteiger partial charge is 0.465 e. The minimum Gasteiger partial charge on any atom is -0.465 e. The number of ether oxygens (including phenoxy) is 1. The van der Waals surface area contributed by atoms with Crippen LogP contribution in [-0.2, 0) is 4.74 Å². The van der Waals surface area contributed by atoms with Crippen LogP contribution in [0, 0.1) is 12.7 Å². The molecule has 4 aromatic rings. The Kier molecular flexibility index (Phi) is 4.64. The molecule has 0 unspecified atom stereocenters. The number of methoxy groups -OCH3 is 1. The third-order valence-electron chi connectivity index (χ3n) is 4.64. The third kappa shape index (κ3) is 3.16. The van der Waals surface area contributed by atoms with Gasteiger partial charge in [0, 0.05) is 18.0 Å². The summed E-state index contributed by atoms with van der Waals surface area (Å²) in [6, 6.07) is 12.5. The highest BCUT2D eigenvalue weighted by molar-refractivity contribution is 6.07. The molecule has 0 atom stereocenters. The highest BCUT2D eigenvalue weighted by Gasteiger charge is 2.23. The molecule has 0 aliphatic carbocycles. The van der Waals surface area contributed by atoms with Gasteiger partial charge in [0.25, 0.3) is 5.56 Å². The fourth-order valence-electron chi connectivity index (χ4n) is 3.33. The average Bonchev–Trinajstić information content (AvgIpc) is 2.74. The monoisotopic (exact) mass is 389 g/mol. The van der Waals surface area contributed by atoms with Gasteiger partial charge in [0.1, 0.15) is 11.6 Å². The van der Waals surface area contributed by atoms with Crippen molar-refractivity contribution in [3.8, 4) is 16.9 Å². The summed E-state index contributed by atoms with van der Waals surface area (Å²) in [6.07, 6.45) is 3.17. The number of hydrogen-bond acceptors (Lipinski definition) is 5. The van der Waals surface area contributed by atoms with Crippen LogP contribution in [0.3, 0.4) is 0 Å². The van der Waals surface area contributed by atoms with Crippen molar-refractivity contribution in [1.82, 2.24) is 14.5 Å². The second-order valence-electron chi connectivity index (χ2n) is 6.38. The Hall–Kier alpha value is -3.87. The van der Waals surface area contributed by atoms with Gasteiger partial charge in [-0.3, -0.25) is 14.3 Å². The van der Waals surface area contributed by atoms with Crippen LogP contribution in [0.25, 0.3) is 27.8 Å². The number of pyridine rings is 3. The van der Waals surface area contributed by atoms with E-state index in [0.717, 1.165) is 0 Å². The van der Waals surface area contributed by atoms with Gasteiger partial charge in [0.2, 0.25) is 0 Å². The molecule has 0 saturated carbocycles. The summed E-state index contributed by atoms with van der Waals surface area (Å²) in [5.41, 5.74) is 1.48. The van der Waals surface area contributed by atoms with Crippen LogP contribution >= 0.6 is 0 Å². The van der Waals surface area contributed by atoms with Gasteiger partial charge in [-0.25, -0.2) is 14.2 Å². The minimum absolute atomic E-state index is 0.169. The molecule has 0 N–H and O–H groups in total. The molecule has 0 spiro atoms. The van der Waals surface area contributed by atoms with Gasteiger partial charge >= 0.3 is 5.97 Å². The molecule has 3 aromatic heterocycles. The van der Waals surface area contributed by atoms with E-state index in [2.05, 4.69) is 9.97 Å². The first-order valence-corrected chi connectivity index (χ1v) is 8.83. The van der Waals surface area contributed by atoms with E-state index < -0.39 is 17.3 Å². The molecule has 3 heterocycles. The van der Waals surface area contributed by atoms with Crippen molar-refractivity contribution in [1.29, 1.82) is 0 Å². The lowest BCUT2D eigenvalue weighted by Gasteiger charge is -2.15. The van der Waals surface area contributed by atoms with E-state index in [-0.39, 0.29) is 10.9 Å². The van der Waals surface area contributed by atoms with Crippen molar-refractivity contribution < 1.29 is 13.9 Å². The van der Waals surface area contributed by atoms with Crippen LogP contribution in [0.5, 0.6) is 0 Å². The number of benzene rings is 1. The summed E-state index contributed by atoms with van der Waals surface area (Å²) in [5, 5.41) is 0.232. The summed E-state index contributed by atoms with van der Waals surface area (Å²) in [4.78, 5) is 34.6. The highest BCUT2D eigenvalue weighted by atomic mass is 19.1. The molecule has 0 saturated heterocycles. The number of aryl methyl sites for hydroxylation is 1. The average molecular weight is 389 g/mol. The van der Waals surface area contributed by atoms with Crippen molar-refractivity contribution in [3.63, 3.8) is 0 Å². The second kappa shape index (κ2) is 7.27. The Morgan fingerprint density at radius 3 is 2.52 bits per heavy atom. The predicted molar refractivity (Wildman–Crippen MR) is 107 cm³/mol. The van der Waals surface area contributed by atoms with E-state index in [1.807, 2.05) is 0 Å². The molecule has 144 valence electrons. The van der Waals surface area contributed by atoms with Crippen LogP contribution < -0.4 is 5.56 Å². The van der Waals surface area contributed by atoms with Crippen molar-refractivity contribution in [3.05, 3.63) is 88.4 Å². The van der Waals surface area contributed by atoms with Crippen LogP contribution in [0.4, 0.5) is 4.39 Å². The Labute approximate surface area is 165 Å². The minimum atomic E-state index is -0.621. The topological polar surface area (TPSA) is 74.1 Å². The number of halogens is 1. The third-order valence-corrected chi connectivity index (χ3v) is 4.64. The first-order chi connectivity index (χ1) is 14.0. The molecule has 4 rings (SSSR count). The van der Waals surface area contributed by atoms with Gasteiger partial charge < -0.3 is 4.74 Å². The Morgan fingerprint density at radius 1 is 1.10 bits per heavy atom. The Bertz CT molecular complexity index is 1280. The lowest BCUT2D eigenvalue weighted by atomic mass is 9.95. The molecule has 0 aliphatic heterocycles. The van der Waals surface area contributed by atoms with E-state index in [1.54, 1.807) is 43.6 Å². The van der Waals surface area contributed by atoms with Gasteiger partial charge in [-0.2, -0.15) is 0 Å². The predicted octanol–water partition coefficient (Wildman–Crippen LogP) is 3.68. The molecule has 6 nitrogen and oxygen atoms in total. The van der Waals surface area contributed by atoms with Crippen LogP contribution in [0.15, 0.2) is 65.7 Å². The van der Waals surface area contributed by atoms with Gasteiger partial charge in [0.15, 0.2) is 0 Å². The Balaban J connectivity index is 2.16. The summed E-state index contributed by atoms with van der Waals surface area (Å²) >= 11 is 0. The zero-order valence-electron chi connectivity index (χ0n) is 15.7. The molecule has 0 radical (unpaired) electrons. The maximum absolute atomic E-state index is 13.5. The van der Waals surface area contributed by atoms with Crippen LogP contribution in [-0.4, -0.2) is 27.6 Å². The molecule has 0 amide bonds. The molecular formula is C22H16FN3O3. The maximum Gasteiger partial charge on any atom is 0.340 e. The van der Waals surface area contributed by atoms with Crippen LogP contribution in [0.1, 0.15) is 16.1 Å². The van der Waals surface area contributed by atoms with E-state index in [9.17, 15) is 14.0 Å².